The largest absolute Gasteiger partial charge is 0.481 e. The summed E-state index contributed by atoms with van der Waals surface area (Å²) in [6, 6.07) is 12.0. The average Bonchev–Trinajstić information content (AvgIpc) is 2.74. The molecule has 0 saturated heterocycles. The van der Waals surface area contributed by atoms with E-state index in [9.17, 15) is 24.3 Å². The van der Waals surface area contributed by atoms with Crippen LogP contribution in [0, 0.1) is 0 Å². The Morgan fingerprint density at radius 3 is 2.21 bits per heavy atom. The smallest absolute Gasteiger partial charge is 0.411 e. The molecule has 176 valence electrons. The Kier molecular flexibility index (Phi) is 8.34. The van der Waals surface area contributed by atoms with Crippen LogP contribution in [0.25, 0.3) is 0 Å². The van der Waals surface area contributed by atoms with Gasteiger partial charge in [-0.15, -0.1) is 0 Å². The van der Waals surface area contributed by atoms with E-state index < -0.39 is 41.8 Å². The van der Waals surface area contributed by atoms with E-state index in [2.05, 4.69) is 0 Å². The first-order valence-electron chi connectivity index (χ1n) is 10.6. The third-order valence-corrected chi connectivity index (χ3v) is 4.91. The molecule has 0 aliphatic rings. The molecule has 0 radical (unpaired) electrons. The van der Waals surface area contributed by atoms with Crippen molar-refractivity contribution in [3.8, 4) is 0 Å². The minimum absolute atomic E-state index is 0.0326. The summed E-state index contributed by atoms with van der Waals surface area (Å²) in [5, 5.41) is 9.53. The van der Waals surface area contributed by atoms with Crippen LogP contribution in [0.4, 0.5) is 4.79 Å². The number of aryl methyl sites for hydroxylation is 1. The predicted molar refractivity (Wildman–Crippen MR) is 123 cm³/mol. The zero-order chi connectivity index (χ0) is 24.8. The van der Waals surface area contributed by atoms with E-state index in [1.165, 1.54) is 12.1 Å². The normalized spacial score (nSPS) is 12.0. The molecule has 2 aromatic rings. The first-order chi connectivity index (χ1) is 15.4. The number of nitrogens with two attached hydrogens (primary N) is 1. The number of ketones is 1. The summed E-state index contributed by atoms with van der Waals surface area (Å²) >= 11 is 0. The number of aliphatic carboxylic acids is 1. The second kappa shape index (κ2) is 10.8. The van der Waals surface area contributed by atoms with E-state index in [-0.39, 0.29) is 17.7 Å². The zero-order valence-electron chi connectivity index (χ0n) is 19.3. The summed E-state index contributed by atoms with van der Waals surface area (Å²) in [6.07, 6.45) is -0.915. The van der Waals surface area contributed by atoms with Crippen LogP contribution in [0.2, 0.25) is 0 Å². The summed E-state index contributed by atoms with van der Waals surface area (Å²) in [4.78, 5) is 51.2. The van der Waals surface area contributed by atoms with E-state index in [4.69, 9.17) is 10.5 Å². The standard InChI is InChI=1S/C25H30N2O6/c1-5-17-11-12-18(13-19(17)23(26)31)22(30)20(14-21(28)29)27(24(32)33-25(2,3)4)15-16-9-7-6-8-10-16/h6-13,20H,5,14-15H2,1-4H3,(H2,26,31)(H,28,29)/t20-/m0/s1. The van der Waals surface area contributed by atoms with Crippen molar-refractivity contribution < 1.29 is 29.0 Å². The number of ether oxygens (including phenoxy) is 1. The highest BCUT2D eigenvalue weighted by molar-refractivity contribution is 6.05. The number of carboxylic acids is 1. The first-order valence-corrected chi connectivity index (χ1v) is 10.6. The fourth-order valence-electron chi connectivity index (χ4n) is 3.37. The maximum absolute atomic E-state index is 13.5. The molecule has 0 heterocycles. The summed E-state index contributed by atoms with van der Waals surface area (Å²) in [5.41, 5.74) is 6.25. The Balaban J connectivity index is 2.54. The first kappa shape index (κ1) is 25.6. The number of carboxylic acid groups (broad SMARTS) is 1. The maximum atomic E-state index is 13.5. The predicted octanol–water partition coefficient (Wildman–Crippen LogP) is 3.81. The molecule has 2 rings (SSSR count). The number of benzene rings is 2. The van der Waals surface area contributed by atoms with Crippen molar-refractivity contribution in [2.75, 3.05) is 0 Å². The third-order valence-electron chi connectivity index (χ3n) is 4.91. The van der Waals surface area contributed by atoms with Crippen LogP contribution in [0.5, 0.6) is 0 Å². The molecule has 2 aromatic carbocycles. The molecule has 3 N–H and O–H groups in total. The lowest BCUT2D eigenvalue weighted by molar-refractivity contribution is -0.138. The van der Waals surface area contributed by atoms with Gasteiger partial charge in [0.05, 0.1) is 6.42 Å². The lowest BCUT2D eigenvalue weighted by atomic mass is 9.95. The van der Waals surface area contributed by atoms with E-state index in [0.717, 1.165) is 4.90 Å². The van der Waals surface area contributed by atoms with Gasteiger partial charge in [0.25, 0.3) is 0 Å². The van der Waals surface area contributed by atoms with E-state index >= 15 is 0 Å². The van der Waals surface area contributed by atoms with Crippen molar-refractivity contribution in [1.29, 1.82) is 0 Å². The highest BCUT2D eigenvalue weighted by atomic mass is 16.6. The molecule has 8 nitrogen and oxygen atoms in total. The molecular weight excluding hydrogens is 424 g/mol. The third kappa shape index (κ3) is 7.17. The number of carbonyl (C=O) groups is 4. The van der Waals surface area contributed by atoms with Gasteiger partial charge in [0.2, 0.25) is 5.91 Å². The van der Waals surface area contributed by atoms with Gasteiger partial charge in [-0.2, -0.15) is 0 Å². The average molecular weight is 455 g/mol. The number of primary amides is 1. The summed E-state index contributed by atoms with van der Waals surface area (Å²) in [6.45, 7) is 6.86. The SMILES string of the molecule is CCc1ccc(C(=O)[C@H](CC(=O)O)N(Cc2ccccc2)C(=O)OC(C)(C)C)cc1C(N)=O. The number of Topliss-reactive ketones (excluding diaryl/α,β-unsaturated/α-hetero) is 1. The van der Waals surface area contributed by atoms with Crippen LogP contribution in [-0.2, 0) is 22.5 Å². The van der Waals surface area contributed by atoms with Gasteiger partial charge in [-0.05, 0) is 44.4 Å². The number of amides is 2. The van der Waals surface area contributed by atoms with Gasteiger partial charge < -0.3 is 15.6 Å². The lowest BCUT2D eigenvalue weighted by Crippen LogP contribution is -2.47. The molecule has 0 fully saturated rings. The fourth-order valence-corrected chi connectivity index (χ4v) is 3.37. The molecular formula is C25H30N2O6. The molecule has 2 amide bonds. The Bertz CT molecular complexity index is 1030. The van der Waals surface area contributed by atoms with Gasteiger partial charge in [-0.1, -0.05) is 49.4 Å². The van der Waals surface area contributed by atoms with Gasteiger partial charge in [-0.25, -0.2) is 4.79 Å². The van der Waals surface area contributed by atoms with Gasteiger partial charge in [-0.3, -0.25) is 19.3 Å². The van der Waals surface area contributed by atoms with E-state index in [1.54, 1.807) is 51.1 Å². The molecule has 8 heteroatoms. The van der Waals surface area contributed by atoms with Crippen LogP contribution < -0.4 is 5.73 Å². The minimum Gasteiger partial charge on any atom is -0.481 e. The van der Waals surface area contributed by atoms with Crippen molar-refractivity contribution in [2.24, 2.45) is 5.73 Å². The summed E-state index contributed by atoms with van der Waals surface area (Å²) in [7, 11) is 0. The molecule has 1 atom stereocenters. The van der Waals surface area contributed by atoms with Crippen LogP contribution in [0.3, 0.4) is 0 Å². The molecule has 0 unspecified atom stereocenters. The van der Waals surface area contributed by atoms with Gasteiger partial charge in [0, 0.05) is 17.7 Å². The van der Waals surface area contributed by atoms with Crippen LogP contribution in [-0.4, -0.2) is 45.4 Å². The maximum Gasteiger partial charge on any atom is 0.411 e. The van der Waals surface area contributed by atoms with Crippen molar-refractivity contribution in [2.45, 2.75) is 58.7 Å². The molecule has 33 heavy (non-hydrogen) atoms. The zero-order valence-corrected chi connectivity index (χ0v) is 19.3. The highest BCUT2D eigenvalue weighted by Gasteiger charge is 2.35. The molecule has 0 aliphatic carbocycles. The van der Waals surface area contributed by atoms with E-state index in [0.29, 0.717) is 17.5 Å². The molecule has 0 saturated carbocycles. The second-order valence-corrected chi connectivity index (χ2v) is 8.66. The van der Waals surface area contributed by atoms with Crippen molar-refractivity contribution in [3.05, 3.63) is 70.8 Å². The van der Waals surface area contributed by atoms with E-state index in [1.807, 2.05) is 13.0 Å². The molecule has 0 aromatic heterocycles. The molecule has 0 aliphatic heterocycles. The topological polar surface area (TPSA) is 127 Å². The molecule has 0 spiro atoms. The monoisotopic (exact) mass is 454 g/mol. The summed E-state index contributed by atoms with van der Waals surface area (Å²) < 4.78 is 5.49. The quantitative estimate of drug-likeness (QED) is 0.555. The number of nitrogens with zero attached hydrogens (tertiary/aromatic N) is 1. The van der Waals surface area contributed by atoms with Crippen molar-refractivity contribution in [3.63, 3.8) is 0 Å². The fraction of sp³-hybridized carbons (Fsp3) is 0.360. The van der Waals surface area contributed by atoms with Gasteiger partial charge >= 0.3 is 12.1 Å². The second-order valence-electron chi connectivity index (χ2n) is 8.66. The highest BCUT2D eigenvalue weighted by Crippen LogP contribution is 2.22. The van der Waals surface area contributed by atoms with Crippen molar-refractivity contribution >= 4 is 23.8 Å². The van der Waals surface area contributed by atoms with Crippen molar-refractivity contribution in [1.82, 2.24) is 4.90 Å². The Hall–Kier alpha value is -3.68. The lowest BCUT2D eigenvalue weighted by Gasteiger charge is -2.32. The van der Waals surface area contributed by atoms with Crippen LogP contribution in [0.15, 0.2) is 48.5 Å². The Morgan fingerprint density at radius 2 is 1.70 bits per heavy atom. The Labute approximate surface area is 193 Å². The summed E-state index contributed by atoms with van der Waals surface area (Å²) in [5.74, 6) is -2.57. The number of hydrogen-bond donors (Lipinski definition) is 2. The number of rotatable bonds is 9. The number of hydrogen-bond acceptors (Lipinski definition) is 5. The van der Waals surface area contributed by atoms with Crippen LogP contribution >= 0.6 is 0 Å². The van der Waals surface area contributed by atoms with Gasteiger partial charge in [0.15, 0.2) is 5.78 Å². The number of carbonyl (C=O) groups excluding carboxylic acids is 3. The Morgan fingerprint density at radius 1 is 1.06 bits per heavy atom. The minimum atomic E-state index is -1.36. The van der Waals surface area contributed by atoms with Gasteiger partial charge in [0.1, 0.15) is 11.6 Å². The molecule has 0 bridgehead atoms. The van der Waals surface area contributed by atoms with Crippen LogP contribution in [0.1, 0.15) is 66.0 Å².